The fraction of sp³-hybridized carbons (Fsp3) is 0.400. The molecule has 0 atom stereocenters. The molecule has 28 heavy (non-hydrogen) atoms. The minimum atomic E-state index is 0.859. The zero-order chi connectivity index (χ0) is 19.9. The molecule has 0 spiro atoms. The SMILES string of the molecule is CCCCN=C(N/C=C/CN(CCCC)Cc1ccccc1)c1ccccc1. The van der Waals surface area contributed by atoms with Crippen molar-refractivity contribution in [3.8, 4) is 0 Å². The lowest BCUT2D eigenvalue weighted by Gasteiger charge is -2.20. The normalized spacial score (nSPS) is 12.0. The van der Waals surface area contributed by atoms with E-state index in [0.717, 1.165) is 50.4 Å². The predicted octanol–water partition coefficient (Wildman–Crippen LogP) is 5.64. The molecule has 0 aromatic heterocycles. The molecule has 0 bridgehead atoms. The quantitative estimate of drug-likeness (QED) is 0.294. The zero-order valence-electron chi connectivity index (χ0n) is 17.5. The van der Waals surface area contributed by atoms with E-state index in [-0.39, 0.29) is 0 Å². The second kappa shape index (κ2) is 13.7. The lowest BCUT2D eigenvalue weighted by Crippen LogP contribution is -2.25. The van der Waals surface area contributed by atoms with Crippen LogP contribution in [0, 0.1) is 0 Å². The van der Waals surface area contributed by atoms with E-state index in [1.807, 2.05) is 12.3 Å². The third kappa shape index (κ3) is 8.53. The Kier molecular flexibility index (Phi) is 10.7. The topological polar surface area (TPSA) is 27.6 Å². The van der Waals surface area contributed by atoms with Crippen LogP contribution >= 0.6 is 0 Å². The van der Waals surface area contributed by atoms with Crippen LogP contribution in [0.25, 0.3) is 0 Å². The Balaban J connectivity index is 1.94. The van der Waals surface area contributed by atoms with Gasteiger partial charge in [-0.3, -0.25) is 9.89 Å². The summed E-state index contributed by atoms with van der Waals surface area (Å²) in [7, 11) is 0. The van der Waals surface area contributed by atoms with E-state index in [2.05, 4.69) is 84.7 Å². The number of amidine groups is 1. The first-order chi connectivity index (χ1) is 13.8. The molecule has 3 heteroatoms. The molecule has 0 saturated heterocycles. The number of hydrogen-bond acceptors (Lipinski definition) is 2. The molecule has 0 heterocycles. The lowest BCUT2D eigenvalue weighted by molar-refractivity contribution is 0.289. The van der Waals surface area contributed by atoms with Gasteiger partial charge in [0.25, 0.3) is 0 Å². The first kappa shape index (κ1) is 21.9. The predicted molar refractivity (Wildman–Crippen MR) is 122 cm³/mol. The molecular weight excluding hydrogens is 342 g/mol. The number of benzene rings is 2. The van der Waals surface area contributed by atoms with Crippen LogP contribution in [0.1, 0.15) is 50.7 Å². The first-order valence-electron chi connectivity index (χ1n) is 10.6. The molecule has 0 saturated carbocycles. The summed E-state index contributed by atoms with van der Waals surface area (Å²) in [6, 6.07) is 21.1. The summed E-state index contributed by atoms with van der Waals surface area (Å²) in [6.07, 6.45) is 8.97. The smallest absolute Gasteiger partial charge is 0.132 e. The van der Waals surface area contributed by atoms with Crippen LogP contribution in [0.5, 0.6) is 0 Å². The molecule has 0 radical (unpaired) electrons. The van der Waals surface area contributed by atoms with Gasteiger partial charge in [0.15, 0.2) is 0 Å². The third-order valence-electron chi connectivity index (χ3n) is 4.61. The van der Waals surface area contributed by atoms with Crippen molar-refractivity contribution >= 4 is 5.84 Å². The Labute approximate surface area is 171 Å². The summed E-state index contributed by atoms with van der Waals surface area (Å²) in [5.74, 6) is 0.952. The number of rotatable bonds is 12. The van der Waals surface area contributed by atoms with Crippen molar-refractivity contribution in [1.82, 2.24) is 10.2 Å². The molecular formula is C25H35N3. The van der Waals surface area contributed by atoms with Crippen molar-refractivity contribution in [2.24, 2.45) is 4.99 Å². The molecule has 150 valence electrons. The second-order valence-corrected chi connectivity index (χ2v) is 7.07. The van der Waals surface area contributed by atoms with Gasteiger partial charge in [0.2, 0.25) is 0 Å². The van der Waals surface area contributed by atoms with Crippen molar-refractivity contribution in [3.63, 3.8) is 0 Å². The van der Waals surface area contributed by atoms with Gasteiger partial charge in [0.05, 0.1) is 0 Å². The van der Waals surface area contributed by atoms with E-state index in [0.29, 0.717) is 0 Å². The summed E-state index contributed by atoms with van der Waals surface area (Å²) in [4.78, 5) is 7.25. The summed E-state index contributed by atoms with van der Waals surface area (Å²) in [6.45, 7) is 8.34. The summed E-state index contributed by atoms with van der Waals surface area (Å²) in [5.41, 5.74) is 2.50. The molecule has 2 aromatic rings. The maximum absolute atomic E-state index is 4.76. The van der Waals surface area contributed by atoms with E-state index in [1.54, 1.807) is 0 Å². The van der Waals surface area contributed by atoms with Crippen LogP contribution in [-0.4, -0.2) is 30.4 Å². The molecule has 3 nitrogen and oxygen atoms in total. The highest BCUT2D eigenvalue weighted by molar-refractivity contribution is 5.99. The Morgan fingerprint density at radius 2 is 1.61 bits per heavy atom. The lowest BCUT2D eigenvalue weighted by atomic mass is 10.2. The van der Waals surface area contributed by atoms with Crippen LogP contribution < -0.4 is 5.32 Å². The maximum atomic E-state index is 4.76. The van der Waals surface area contributed by atoms with Crippen molar-refractivity contribution in [3.05, 3.63) is 84.1 Å². The second-order valence-electron chi connectivity index (χ2n) is 7.07. The minimum absolute atomic E-state index is 0.859. The van der Waals surface area contributed by atoms with Gasteiger partial charge in [-0.2, -0.15) is 0 Å². The van der Waals surface area contributed by atoms with Gasteiger partial charge in [0, 0.05) is 25.2 Å². The molecule has 1 N–H and O–H groups in total. The van der Waals surface area contributed by atoms with Gasteiger partial charge in [-0.05, 0) is 31.1 Å². The Morgan fingerprint density at radius 3 is 2.29 bits per heavy atom. The molecule has 2 aromatic carbocycles. The highest BCUT2D eigenvalue weighted by Gasteiger charge is 2.04. The Bertz CT molecular complexity index is 692. The average Bonchev–Trinajstić information content (AvgIpc) is 2.75. The van der Waals surface area contributed by atoms with Crippen molar-refractivity contribution in [2.75, 3.05) is 19.6 Å². The molecule has 2 rings (SSSR count). The van der Waals surface area contributed by atoms with E-state index in [1.165, 1.54) is 18.4 Å². The molecule has 0 aliphatic heterocycles. The van der Waals surface area contributed by atoms with Crippen LogP contribution in [0.2, 0.25) is 0 Å². The highest BCUT2D eigenvalue weighted by Crippen LogP contribution is 2.06. The van der Waals surface area contributed by atoms with Crippen LogP contribution in [0.4, 0.5) is 0 Å². The van der Waals surface area contributed by atoms with E-state index in [9.17, 15) is 0 Å². The summed E-state index contributed by atoms with van der Waals surface area (Å²) in [5, 5.41) is 3.41. The van der Waals surface area contributed by atoms with Gasteiger partial charge in [-0.25, -0.2) is 0 Å². The largest absolute Gasteiger partial charge is 0.347 e. The number of unbranched alkanes of at least 4 members (excludes halogenated alkanes) is 2. The van der Waals surface area contributed by atoms with E-state index >= 15 is 0 Å². The summed E-state index contributed by atoms with van der Waals surface area (Å²) < 4.78 is 0. The fourth-order valence-electron chi connectivity index (χ4n) is 2.96. The zero-order valence-corrected chi connectivity index (χ0v) is 17.5. The number of hydrogen-bond donors (Lipinski definition) is 1. The summed E-state index contributed by atoms with van der Waals surface area (Å²) >= 11 is 0. The van der Waals surface area contributed by atoms with Gasteiger partial charge in [-0.1, -0.05) is 93.4 Å². The molecule has 0 unspecified atom stereocenters. The van der Waals surface area contributed by atoms with E-state index < -0.39 is 0 Å². The average molecular weight is 378 g/mol. The van der Waals surface area contributed by atoms with Gasteiger partial charge < -0.3 is 5.32 Å². The monoisotopic (exact) mass is 377 g/mol. The minimum Gasteiger partial charge on any atom is -0.347 e. The molecule has 0 fully saturated rings. The van der Waals surface area contributed by atoms with Crippen molar-refractivity contribution < 1.29 is 0 Å². The number of aliphatic imine (C=N–C) groups is 1. The third-order valence-corrected chi connectivity index (χ3v) is 4.61. The van der Waals surface area contributed by atoms with Gasteiger partial charge in [-0.15, -0.1) is 0 Å². The highest BCUT2D eigenvalue weighted by atomic mass is 15.1. The molecule has 0 aliphatic carbocycles. The first-order valence-corrected chi connectivity index (χ1v) is 10.6. The molecule has 0 aliphatic rings. The fourth-order valence-corrected chi connectivity index (χ4v) is 2.96. The molecule has 0 amide bonds. The van der Waals surface area contributed by atoms with Crippen LogP contribution in [-0.2, 0) is 6.54 Å². The van der Waals surface area contributed by atoms with Gasteiger partial charge in [0.1, 0.15) is 5.84 Å². The van der Waals surface area contributed by atoms with E-state index in [4.69, 9.17) is 4.99 Å². The van der Waals surface area contributed by atoms with Crippen molar-refractivity contribution in [2.45, 2.75) is 46.1 Å². The number of nitrogens with one attached hydrogen (secondary N) is 1. The van der Waals surface area contributed by atoms with Crippen LogP contribution in [0.3, 0.4) is 0 Å². The Hall–Kier alpha value is -2.39. The number of nitrogens with zero attached hydrogens (tertiary/aromatic N) is 2. The van der Waals surface area contributed by atoms with Crippen molar-refractivity contribution in [1.29, 1.82) is 0 Å². The van der Waals surface area contributed by atoms with Gasteiger partial charge >= 0.3 is 0 Å². The van der Waals surface area contributed by atoms with Crippen LogP contribution in [0.15, 0.2) is 77.9 Å². The maximum Gasteiger partial charge on any atom is 0.132 e. The standard InChI is InChI=1S/C25H35N3/c1-3-5-18-26-25(24-16-11-8-12-17-24)27-19-13-21-28(20-6-4-2)22-23-14-9-7-10-15-23/h7-17,19H,3-6,18,20-22H2,1-2H3,(H,26,27)/b19-13+. The Morgan fingerprint density at radius 1 is 0.929 bits per heavy atom.